The van der Waals surface area contributed by atoms with Gasteiger partial charge in [0.25, 0.3) is 0 Å². The number of nitrogens with zero attached hydrogens (tertiary/aromatic N) is 3. The van der Waals surface area contributed by atoms with Gasteiger partial charge in [-0.1, -0.05) is 0 Å². The van der Waals surface area contributed by atoms with E-state index < -0.39 is 0 Å². The van der Waals surface area contributed by atoms with Crippen molar-refractivity contribution in [3.8, 4) is 44.0 Å². The number of hydrogen-bond donors (Lipinski definition) is 0. The van der Waals surface area contributed by atoms with Crippen LogP contribution in [0.1, 0.15) is 0 Å². The molecule has 136 valence electrons. The van der Waals surface area contributed by atoms with Crippen LogP contribution in [0.3, 0.4) is 0 Å². The van der Waals surface area contributed by atoms with Gasteiger partial charge in [-0.3, -0.25) is 0 Å². The quantitative estimate of drug-likeness (QED) is 0.422. The Morgan fingerprint density at radius 3 is 2.19 bits per heavy atom. The molecule has 4 aromatic heterocycles. The molecule has 0 N–H and O–H groups in total. The van der Waals surface area contributed by atoms with Crippen LogP contribution in [0, 0.1) is 0 Å². The SMILES string of the molecule is c1sc(-c2cnc(-c3scc4c3OCCO4)c3n[se]nc23)c2c1OCCO2. The predicted octanol–water partition coefficient (Wildman–Crippen LogP) is 3.08. The summed E-state index contributed by atoms with van der Waals surface area (Å²) in [5.41, 5.74) is 3.44. The molecule has 0 atom stereocenters. The normalized spacial score (nSPS) is 15.3. The molecular formula is C17H11N3O4S2Se. The van der Waals surface area contributed by atoms with Crippen molar-refractivity contribution in [2.75, 3.05) is 26.4 Å². The molecule has 7 nitrogen and oxygen atoms in total. The zero-order valence-corrected chi connectivity index (χ0v) is 17.1. The Hall–Kier alpha value is -2.13. The first-order valence-electron chi connectivity index (χ1n) is 8.26. The summed E-state index contributed by atoms with van der Waals surface area (Å²) in [6.07, 6.45) is 1.86. The summed E-state index contributed by atoms with van der Waals surface area (Å²) in [6, 6.07) is 0. The van der Waals surface area contributed by atoms with E-state index in [0.29, 0.717) is 26.4 Å². The minimum absolute atomic E-state index is 0.182. The van der Waals surface area contributed by atoms with Gasteiger partial charge in [0.1, 0.15) is 0 Å². The van der Waals surface area contributed by atoms with E-state index in [1.165, 1.54) is 0 Å². The van der Waals surface area contributed by atoms with Crippen LogP contribution in [0.4, 0.5) is 0 Å². The first-order chi connectivity index (χ1) is 13.4. The molecule has 0 aliphatic carbocycles. The first kappa shape index (κ1) is 15.9. The van der Waals surface area contributed by atoms with E-state index >= 15 is 0 Å². The monoisotopic (exact) mass is 465 g/mol. The number of hydrogen-bond acceptors (Lipinski definition) is 9. The molecule has 27 heavy (non-hydrogen) atoms. The van der Waals surface area contributed by atoms with E-state index in [1.807, 2.05) is 17.0 Å². The van der Waals surface area contributed by atoms with Crippen LogP contribution in [0.5, 0.6) is 23.0 Å². The van der Waals surface area contributed by atoms with Gasteiger partial charge < -0.3 is 0 Å². The molecule has 0 saturated carbocycles. The fourth-order valence-electron chi connectivity index (χ4n) is 3.18. The van der Waals surface area contributed by atoms with Crippen molar-refractivity contribution in [1.82, 2.24) is 12.9 Å². The molecular weight excluding hydrogens is 453 g/mol. The average Bonchev–Trinajstić information content (AvgIpc) is 3.45. The molecule has 0 fully saturated rings. The molecule has 2 aliphatic rings. The number of thiophene rings is 2. The third kappa shape index (κ3) is 2.41. The third-order valence-electron chi connectivity index (χ3n) is 4.35. The Balaban J connectivity index is 1.53. The molecule has 0 saturated heterocycles. The molecule has 2 aliphatic heterocycles. The number of fused-ring (bicyclic) bond motifs is 3. The molecule has 6 rings (SSSR count). The fraction of sp³-hybridized carbons (Fsp3) is 0.235. The molecule has 4 aromatic rings. The van der Waals surface area contributed by atoms with Crippen molar-refractivity contribution in [3.05, 3.63) is 17.0 Å². The fourth-order valence-corrected chi connectivity index (χ4v) is 6.23. The zero-order chi connectivity index (χ0) is 17.8. The van der Waals surface area contributed by atoms with Crippen LogP contribution >= 0.6 is 22.7 Å². The predicted molar refractivity (Wildman–Crippen MR) is 103 cm³/mol. The van der Waals surface area contributed by atoms with Gasteiger partial charge in [-0.2, -0.15) is 0 Å². The van der Waals surface area contributed by atoms with E-state index in [9.17, 15) is 0 Å². The summed E-state index contributed by atoms with van der Waals surface area (Å²) in [4.78, 5) is 6.68. The molecule has 0 spiro atoms. The summed E-state index contributed by atoms with van der Waals surface area (Å²) in [5, 5.41) is 3.94. The van der Waals surface area contributed by atoms with Crippen molar-refractivity contribution in [2.24, 2.45) is 0 Å². The molecule has 10 heteroatoms. The summed E-state index contributed by atoms with van der Waals surface area (Å²) in [6.45, 7) is 2.24. The van der Waals surface area contributed by atoms with E-state index in [1.54, 1.807) is 22.7 Å². The topological polar surface area (TPSA) is 75.6 Å². The molecule has 0 unspecified atom stereocenters. The Morgan fingerprint density at radius 1 is 0.778 bits per heavy atom. The Bertz CT molecular complexity index is 1080. The summed E-state index contributed by atoms with van der Waals surface area (Å²) in [5.74, 6) is 3.10. The van der Waals surface area contributed by atoms with Crippen LogP contribution in [0.2, 0.25) is 0 Å². The van der Waals surface area contributed by atoms with Gasteiger partial charge >= 0.3 is 168 Å². The second-order valence-electron chi connectivity index (χ2n) is 5.89. The van der Waals surface area contributed by atoms with Crippen molar-refractivity contribution < 1.29 is 18.9 Å². The second-order valence-corrected chi connectivity index (χ2v) is 8.76. The van der Waals surface area contributed by atoms with Gasteiger partial charge in [0.2, 0.25) is 0 Å². The van der Waals surface area contributed by atoms with Gasteiger partial charge in [-0.25, -0.2) is 0 Å². The summed E-state index contributed by atoms with van der Waals surface area (Å²) in [7, 11) is 0. The van der Waals surface area contributed by atoms with Crippen LogP contribution in [0.15, 0.2) is 17.0 Å². The zero-order valence-electron chi connectivity index (χ0n) is 13.8. The minimum atomic E-state index is -0.182. The Kier molecular flexibility index (Phi) is 3.65. The van der Waals surface area contributed by atoms with Gasteiger partial charge in [0, 0.05) is 0 Å². The van der Waals surface area contributed by atoms with Crippen LogP contribution < -0.4 is 18.9 Å². The van der Waals surface area contributed by atoms with E-state index in [2.05, 4.69) is 7.96 Å². The van der Waals surface area contributed by atoms with Gasteiger partial charge in [0.15, 0.2) is 0 Å². The van der Waals surface area contributed by atoms with E-state index in [-0.39, 0.29) is 15.0 Å². The molecule has 6 heterocycles. The van der Waals surface area contributed by atoms with Crippen LogP contribution in [0.25, 0.3) is 32.0 Å². The average molecular weight is 464 g/mol. The molecule has 0 radical (unpaired) electrons. The third-order valence-corrected chi connectivity index (χ3v) is 7.38. The molecule has 0 amide bonds. The number of pyridine rings is 1. The van der Waals surface area contributed by atoms with Crippen molar-refractivity contribution in [1.29, 1.82) is 0 Å². The number of ether oxygens (including phenoxy) is 4. The molecule has 0 aromatic carbocycles. The maximum absolute atomic E-state index is 5.84. The van der Waals surface area contributed by atoms with E-state index in [4.69, 9.17) is 23.9 Å². The van der Waals surface area contributed by atoms with E-state index in [0.717, 1.165) is 55.0 Å². The Morgan fingerprint density at radius 2 is 1.41 bits per heavy atom. The number of aromatic nitrogens is 3. The van der Waals surface area contributed by atoms with Gasteiger partial charge in [-0.05, 0) is 0 Å². The summed E-state index contributed by atoms with van der Waals surface area (Å²) >= 11 is 2.96. The summed E-state index contributed by atoms with van der Waals surface area (Å²) < 4.78 is 32.4. The van der Waals surface area contributed by atoms with Crippen molar-refractivity contribution in [2.45, 2.75) is 0 Å². The Labute approximate surface area is 167 Å². The first-order valence-corrected chi connectivity index (χ1v) is 11.6. The van der Waals surface area contributed by atoms with Crippen LogP contribution in [-0.4, -0.2) is 54.3 Å². The number of rotatable bonds is 2. The van der Waals surface area contributed by atoms with Crippen LogP contribution in [-0.2, 0) is 0 Å². The van der Waals surface area contributed by atoms with Gasteiger partial charge in [-0.15, -0.1) is 0 Å². The standard InChI is InChI=1S/C17H11N3O4S2Se/c1-3-23-14-9(21-1)6-25-16(14)8-5-18-13(12-11(8)19-27-20-12)17-15-10(7-26-17)22-2-4-24-15/h5-7H,1-4H2. The van der Waals surface area contributed by atoms with Crippen molar-refractivity contribution >= 4 is 48.7 Å². The van der Waals surface area contributed by atoms with Gasteiger partial charge in [0.05, 0.1) is 0 Å². The van der Waals surface area contributed by atoms with Crippen molar-refractivity contribution in [3.63, 3.8) is 0 Å². The second kappa shape index (κ2) is 6.20. The maximum atomic E-state index is 5.84. The molecule has 0 bridgehead atoms.